The minimum Gasteiger partial charge on any atom is -0.467 e. The van der Waals surface area contributed by atoms with Gasteiger partial charge in [0.05, 0.1) is 13.2 Å². The van der Waals surface area contributed by atoms with Crippen molar-refractivity contribution in [1.29, 1.82) is 0 Å². The molecule has 0 radical (unpaired) electrons. The Labute approximate surface area is 133 Å². The smallest absolute Gasteiger partial charge is 0.339 e. The second kappa shape index (κ2) is 7.91. The van der Waals surface area contributed by atoms with E-state index in [-0.39, 0.29) is 0 Å². The lowest BCUT2D eigenvalue weighted by Crippen LogP contribution is -2.62. The van der Waals surface area contributed by atoms with Crippen LogP contribution in [0.1, 0.15) is 27.7 Å². The molecule has 1 aliphatic heterocycles. The van der Waals surface area contributed by atoms with Crippen molar-refractivity contribution in [3.05, 3.63) is 0 Å². The molecule has 0 unspecified atom stereocenters. The van der Waals surface area contributed by atoms with Crippen LogP contribution in [0.25, 0.3) is 0 Å². The minimum absolute atomic E-state index is 0.638. The Balaban J connectivity index is 3.21. The SMILES string of the molecule is COC(=O)[C@H]1O[C@@H](C)[C@H](OC(C)=O)[C@@H](OC(C)=O)[C@@H]1OC(C)=O. The topological polar surface area (TPSA) is 114 Å². The van der Waals surface area contributed by atoms with E-state index in [1.165, 1.54) is 13.8 Å². The van der Waals surface area contributed by atoms with Crippen LogP contribution in [0.3, 0.4) is 0 Å². The quantitative estimate of drug-likeness (QED) is 0.507. The third-order valence-electron chi connectivity index (χ3n) is 3.11. The highest BCUT2D eigenvalue weighted by molar-refractivity contribution is 5.77. The molecule has 5 atom stereocenters. The first-order valence-corrected chi connectivity index (χ1v) is 6.92. The molecule has 1 saturated heterocycles. The van der Waals surface area contributed by atoms with E-state index in [0.29, 0.717) is 0 Å². The van der Waals surface area contributed by atoms with Gasteiger partial charge in [-0.15, -0.1) is 0 Å². The summed E-state index contributed by atoms with van der Waals surface area (Å²) in [6.07, 6.45) is -5.64. The molecular formula is C14H20O9. The first-order valence-electron chi connectivity index (χ1n) is 6.92. The molecule has 1 rings (SSSR count). The van der Waals surface area contributed by atoms with Crippen molar-refractivity contribution >= 4 is 23.9 Å². The maximum atomic E-state index is 11.9. The van der Waals surface area contributed by atoms with Gasteiger partial charge in [-0.3, -0.25) is 14.4 Å². The van der Waals surface area contributed by atoms with E-state index in [1.807, 2.05) is 0 Å². The van der Waals surface area contributed by atoms with Crippen molar-refractivity contribution in [1.82, 2.24) is 0 Å². The fourth-order valence-corrected chi connectivity index (χ4v) is 2.32. The summed E-state index contributed by atoms with van der Waals surface area (Å²) in [5.41, 5.74) is 0. The van der Waals surface area contributed by atoms with Gasteiger partial charge in [0.1, 0.15) is 0 Å². The summed E-state index contributed by atoms with van der Waals surface area (Å²) in [4.78, 5) is 45.8. The molecule has 0 aromatic heterocycles. The Morgan fingerprint density at radius 1 is 0.783 bits per heavy atom. The average molecular weight is 332 g/mol. The second-order valence-corrected chi connectivity index (χ2v) is 5.01. The number of rotatable bonds is 4. The molecule has 0 N–H and O–H groups in total. The third-order valence-corrected chi connectivity index (χ3v) is 3.11. The van der Waals surface area contributed by atoms with Crippen LogP contribution in [0.15, 0.2) is 0 Å². The standard InChI is InChI=1S/C14H20O9/c1-6-10(21-7(2)15)11(22-8(3)16)12(23-9(4)17)13(20-6)14(18)19-5/h6,10-13H,1-5H3/t6-,10-,11+,12-,13-/m0/s1. The lowest BCUT2D eigenvalue weighted by molar-refractivity contribution is -0.245. The normalized spacial score (nSPS) is 30.0. The molecule has 0 saturated carbocycles. The van der Waals surface area contributed by atoms with Gasteiger partial charge in [-0.1, -0.05) is 0 Å². The van der Waals surface area contributed by atoms with E-state index < -0.39 is 54.4 Å². The van der Waals surface area contributed by atoms with Crippen molar-refractivity contribution in [2.45, 2.75) is 58.2 Å². The lowest BCUT2D eigenvalue weighted by atomic mass is 9.94. The summed E-state index contributed by atoms with van der Waals surface area (Å²) < 4.78 is 25.4. The largest absolute Gasteiger partial charge is 0.467 e. The third kappa shape index (κ3) is 4.92. The molecule has 1 fully saturated rings. The van der Waals surface area contributed by atoms with Gasteiger partial charge in [0, 0.05) is 20.8 Å². The van der Waals surface area contributed by atoms with Gasteiger partial charge in [0.2, 0.25) is 0 Å². The highest BCUT2D eigenvalue weighted by Crippen LogP contribution is 2.29. The Kier molecular flexibility index (Phi) is 6.49. The first kappa shape index (κ1) is 18.9. The van der Waals surface area contributed by atoms with Gasteiger partial charge < -0.3 is 23.7 Å². The number of carbonyl (C=O) groups is 4. The van der Waals surface area contributed by atoms with Gasteiger partial charge >= 0.3 is 23.9 Å². The maximum absolute atomic E-state index is 11.9. The van der Waals surface area contributed by atoms with Crippen molar-refractivity contribution in [3.8, 4) is 0 Å². The van der Waals surface area contributed by atoms with E-state index >= 15 is 0 Å². The van der Waals surface area contributed by atoms with Crippen LogP contribution in [-0.2, 0) is 42.9 Å². The number of ether oxygens (including phenoxy) is 5. The van der Waals surface area contributed by atoms with Gasteiger partial charge in [-0.25, -0.2) is 4.79 Å². The summed E-state index contributed by atoms with van der Waals surface area (Å²) >= 11 is 0. The summed E-state index contributed by atoms with van der Waals surface area (Å²) in [6, 6.07) is 0. The summed E-state index contributed by atoms with van der Waals surface area (Å²) in [7, 11) is 1.14. The number of hydrogen-bond acceptors (Lipinski definition) is 9. The van der Waals surface area contributed by atoms with Crippen molar-refractivity contribution in [3.63, 3.8) is 0 Å². The van der Waals surface area contributed by atoms with Crippen LogP contribution in [-0.4, -0.2) is 61.5 Å². The molecule has 0 aliphatic carbocycles. The van der Waals surface area contributed by atoms with Crippen molar-refractivity contribution < 1.29 is 42.9 Å². The zero-order valence-corrected chi connectivity index (χ0v) is 13.6. The molecule has 0 spiro atoms. The molecule has 9 nitrogen and oxygen atoms in total. The fraction of sp³-hybridized carbons (Fsp3) is 0.714. The Bertz CT molecular complexity index is 487. The monoisotopic (exact) mass is 332 g/mol. The summed E-state index contributed by atoms with van der Waals surface area (Å²) in [6.45, 7) is 4.97. The predicted octanol–water partition coefficient (Wildman–Crippen LogP) is -0.258. The summed E-state index contributed by atoms with van der Waals surface area (Å²) in [5.74, 6) is -2.86. The zero-order valence-electron chi connectivity index (χ0n) is 13.6. The molecule has 0 aromatic carbocycles. The number of esters is 4. The van der Waals surface area contributed by atoms with Gasteiger partial charge in [0.15, 0.2) is 24.4 Å². The highest BCUT2D eigenvalue weighted by Gasteiger charge is 2.53. The van der Waals surface area contributed by atoms with Crippen LogP contribution in [0, 0.1) is 0 Å². The van der Waals surface area contributed by atoms with Gasteiger partial charge in [0.25, 0.3) is 0 Å². The molecular weight excluding hydrogens is 312 g/mol. The minimum atomic E-state index is -1.31. The van der Waals surface area contributed by atoms with Crippen LogP contribution < -0.4 is 0 Å². The predicted molar refractivity (Wildman–Crippen MR) is 73.0 cm³/mol. The van der Waals surface area contributed by atoms with Crippen LogP contribution in [0.4, 0.5) is 0 Å². The number of hydrogen-bond donors (Lipinski definition) is 0. The molecule has 1 aliphatic rings. The van der Waals surface area contributed by atoms with E-state index in [2.05, 4.69) is 4.74 Å². The number of carbonyl (C=O) groups excluding carboxylic acids is 4. The molecule has 9 heteroatoms. The molecule has 0 bridgehead atoms. The highest BCUT2D eigenvalue weighted by atomic mass is 16.7. The number of methoxy groups -OCH3 is 1. The van der Waals surface area contributed by atoms with Crippen LogP contribution in [0.5, 0.6) is 0 Å². The average Bonchev–Trinajstić information content (AvgIpc) is 2.43. The van der Waals surface area contributed by atoms with Gasteiger partial charge in [-0.05, 0) is 6.92 Å². The van der Waals surface area contributed by atoms with Crippen molar-refractivity contribution in [2.75, 3.05) is 7.11 Å². The van der Waals surface area contributed by atoms with Crippen LogP contribution in [0.2, 0.25) is 0 Å². The second-order valence-electron chi connectivity index (χ2n) is 5.01. The lowest BCUT2D eigenvalue weighted by Gasteiger charge is -2.42. The molecule has 0 amide bonds. The van der Waals surface area contributed by atoms with E-state index in [9.17, 15) is 19.2 Å². The fourth-order valence-electron chi connectivity index (χ4n) is 2.32. The molecule has 1 heterocycles. The molecule has 130 valence electrons. The maximum Gasteiger partial charge on any atom is 0.339 e. The van der Waals surface area contributed by atoms with E-state index in [4.69, 9.17) is 18.9 Å². The van der Waals surface area contributed by atoms with Crippen molar-refractivity contribution in [2.24, 2.45) is 0 Å². The van der Waals surface area contributed by atoms with Gasteiger partial charge in [-0.2, -0.15) is 0 Å². The Morgan fingerprint density at radius 3 is 1.65 bits per heavy atom. The molecule has 0 aromatic rings. The molecule has 23 heavy (non-hydrogen) atoms. The summed E-state index contributed by atoms with van der Waals surface area (Å²) in [5, 5.41) is 0. The van der Waals surface area contributed by atoms with E-state index in [0.717, 1.165) is 21.0 Å². The Morgan fingerprint density at radius 2 is 1.22 bits per heavy atom. The Hall–Kier alpha value is -2.16. The first-order chi connectivity index (χ1) is 10.7. The van der Waals surface area contributed by atoms with E-state index in [1.54, 1.807) is 0 Å². The van der Waals surface area contributed by atoms with Crippen LogP contribution >= 0.6 is 0 Å². The zero-order chi connectivity index (χ0) is 17.7.